The number of fused-ring (bicyclic) bond motifs is 2. The van der Waals surface area contributed by atoms with E-state index in [4.69, 9.17) is 0 Å². The average molecular weight is 306 g/mol. The topological polar surface area (TPSA) is 44.6 Å². The van der Waals surface area contributed by atoms with Crippen molar-refractivity contribution >= 4 is 5.71 Å². The van der Waals surface area contributed by atoms with Crippen molar-refractivity contribution in [1.82, 2.24) is 5.32 Å². The molecule has 3 heteroatoms. The average Bonchev–Trinajstić information content (AvgIpc) is 2.63. The molecule has 4 rings (SSSR count). The van der Waals surface area contributed by atoms with Gasteiger partial charge in [-0.2, -0.15) is 0 Å². The van der Waals surface area contributed by atoms with Crippen LogP contribution in [0.25, 0.3) is 0 Å². The number of benzene rings is 2. The zero-order valence-electron chi connectivity index (χ0n) is 13.1. The molecule has 0 radical (unpaired) electrons. The zero-order valence-corrected chi connectivity index (χ0v) is 13.1. The monoisotopic (exact) mass is 306 g/mol. The Balaban J connectivity index is 1.76. The van der Waals surface area contributed by atoms with Gasteiger partial charge in [0.05, 0.1) is 5.71 Å². The van der Waals surface area contributed by atoms with Crippen LogP contribution in [0.2, 0.25) is 0 Å². The van der Waals surface area contributed by atoms with Gasteiger partial charge in [-0.3, -0.25) is 0 Å². The summed E-state index contributed by atoms with van der Waals surface area (Å²) in [6.07, 6.45) is 3.37. The standard InChI is InChI=1S/C20H22N2O/c23-22-20-16-12-7-13-17(20)19(15-10-5-2-6-11-15)21-18(16)14-8-3-1-4-9-14/h1-6,8-11,16-19,21,23H,7,12-13H2/t16-,17+,18+,19-. The maximum Gasteiger partial charge on any atom is 0.0670 e. The number of rotatable bonds is 2. The van der Waals surface area contributed by atoms with E-state index >= 15 is 0 Å². The molecular formula is C20H22N2O. The third kappa shape index (κ3) is 2.55. The molecule has 2 aromatic carbocycles. The highest BCUT2D eigenvalue weighted by Gasteiger charge is 2.45. The van der Waals surface area contributed by atoms with Crippen LogP contribution < -0.4 is 5.32 Å². The van der Waals surface area contributed by atoms with Crippen LogP contribution in [0, 0.1) is 11.8 Å². The molecule has 1 aliphatic carbocycles. The van der Waals surface area contributed by atoms with E-state index in [2.05, 4.69) is 59.0 Å². The molecule has 0 aromatic heterocycles. The van der Waals surface area contributed by atoms with E-state index in [1.54, 1.807) is 0 Å². The van der Waals surface area contributed by atoms with E-state index in [0.29, 0.717) is 11.8 Å². The lowest BCUT2D eigenvalue weighted by Crippen LogP contribution is -2.50. The SMILES string of the molecule is ON=C1[C@H]2CCC[C@@H]1[C@H](c1ccccc1)N[C@@H]2c1ccccc1. The van der Waals surface area contributed by atoms with Crippen LogP contribution in [-0.2, 0) is 0 Å². The number of nitrogens with one attached hydrogen (secondary N) is 1. The predicted octanol–water partition coefficient (Wildman–Crippen LogP) is 4.32. The van der Waals surface area contributed by atoms with Crippen molar-refractivity contribution in [2.24, 2.45) is 17.0 Å². The Kier molecular flexibility index (Phi) is 3.88. The number of piperidine rings is 1. The molecule has 0 amide bonds. The predicted molar refractivity (Wildman–Crippen MR) is 91.6 cm³/mol. The first kappa shape index (κ1) is 14.5. The minimum absolute atomic E-state index is 0.212. The van der Waals surface area contributed by atoms with Crippen LogP contribution in [0.3, 0.4) is 0 Å². The highest BCUT2D eigenvalue weighted by molar-refractivity contribution is 5.91. The molecule has 118 valence electrons. The summed E-state index contributed by atoms with van der Waals surface area (Å²) in [4.78, 5) is 0. The van der Waals surface area contributed by atoms with Gasteiger partial charge >= 0.3 is 0 Å². The van der Waals surface area contributed by atoms with Gasteiger partial charge in [0.2, 0.25) is 0 Å². The summed E-state index contributed by atoms with van der Waals surface area (Å²) < 4.78 is 0. The highest BCUT2D eigenvalue weighted by atomic mass is 16.4. The molecule has 1 aliphatic heterocycles. The zero-order chi connectivity index (χ0) is 15.6. The van der Waals surface area contributed by atoms with E-state index in [0.717, 1.165) is 18.6 Å². The fourth-order valence-corrected chi connectivity index (χ4v) is 4.36. The summed E-state index contributed by atoms with van der Waals surface area (Å²) in [7, 11) is 0. The minimum atomic E-state index is 0.212. The van der Waals surface area contributed by atoms with Gasteiger partial charge in [-0.15, -0.1) is 0 Å². The summed E-state index contributed by atoms with van der Waals surface area (Å²) in [6, 6.07) is 21.5. The fraction of sp³-hybridized carbons (Fsp3) is 0.350. The van der Waals surface area contributed by atoms with Crippen LogP contribution in [0.1, 0.15) is 42.5 Å². The molecule has 2 fully saturated rings. The Morgan fingerprint density at radius 2 is 1.26 bits per heavy atom. The minimum Gasteiger partial charge on any atom is -0.411 e. The molecule has 1 heterocycles. The Hall–Kier alpha value is -2.13. The fourth-order valence-electron chi connectivity index (χ4n) is 4.36. The van der Waals surface area contributed by atoms with Gasteiger partial charge in [-0.05, 0) is 24.0 Å². The molecule has 0 spiro atoms. The second kappa shape index (κ2) is 6.17. The molecule has 2 aromatic rings. The van der Waals surface area contributed by atoms with E-state index in [1.807, 2.05) is 12.1 Å². The van der Waals surface area contributed by atoms with Crippen molar-refractivity contribution in [3.05, 3.63) is 71.8 Å². The molecule has 2 bridgehead atoms. The summed E-state index contributed by atoms with van der Waals surface area (Å²) >= 11 is 0. The molecule has 1 saturated carbocycles. The van der Waals surface area contributed by atoms with Crippen molar-refractivity contribution in [2.75, 3.05) is 0 Å². The van der Waals surface area contributed by atoms with Crippen molar-refractivity contribution < 1.29 is 5.21 Å². The summed E-state index contributed by atoms with van der Waals surface area (Å²) in [5.41, 5.74) is 3.54. The first-order chi connectivity index (χ1) is 11.4. The lowest BCUT2D eigenvalue weighted by Gasteiger charge is -2.46. The normalized spacial score (nSPS) is 31.9. The Labute approximate surface area is 137 Å². The van der Waals surface area contributed by atoms with Crippen LogP contribution in [0.4, 0.5) is 0 Å². The molecule has 4 atom stereocenters. The van der Waals surface area contributed by atoms with Gasteiger partial charge in [0, 0.05) is 23.9 Å². The molecule has 23 heavy (non-hydrogen) atoms. The van der Waals surface area contributed by atoms with Crippen molar-refractivity contribution in [1.29, 1.82) is 0 Å². The summed E-state index contributed by atoms with van der Waals surface area (Å²) in [5.74, 6) is 0.585. The quantitative estimate of drug-likeness (QED) is 0.641. The van der Waals surface area contributed by atoms with Crippen molar-refractivity contribution in [3.8, 4) is 0 Å². The molecule has 2 N–H and O–H groups in total. The van der Waals surface area contributed by atoms with Gasteiger partial charge in [-0.25, -0.2) is 0 Å². The molecule has 2 aliphatic rings. The van der Waals surface area contributed by atoms with Crippen molar-refractivity contribution in [2.45, 2.75) is 31.3 Å². The number of hydrogen-bond donors (Lipinski definition) is 2. The third-order valence-electron chi connectivity index (χ3n) is 5.39. The van der Waals surface area contributed by atoms with E-state index in [-0.39, 0.29) is 12.1 Å². The van der Waals surface area contributed by atoms with Gasteiger partial charge in [-0.1, -0.05) is 72.2 Å². The Morgan fingerprint density at radius 1 is 0.783 bits per heavy atom. The Morgan fingerprint density at radius 3 is 1.70 bits per heavy atom. The van der Waals surface area contributed by atoms with Crippen LogP contribution in [0.5, 0.6) is 0 Å². The smallest absolute Gasteiger partial charge is 0.0670 e. The largest absolute Gasteiger partial charge is 0.411 e. The van der Waals surface area contributed by atoms with Gasteiger partial charge in [0.25, 0.3) is 0 Å². The van der Waals surface area contributed by atoms with Gasteiger partial charge in [0.1, 0.15) is 0 Å². The lowest BCUT2D eigenvalue weighted by molar-refractivity contribution is 0.214. The second-order valence-corrected chi connectivity index (χ2v) is 6.61. The van der Waals surface area contributed by atoms with Crippen LogP contribution >= 0.6 is 0 Å². The van der Waals surface area contributed by atoms with E-state index in [9.17, 15) is 5.21 Å². The van der Waals surface area contributed by atoms with E-state index < -0.39 is 0 Å². The molecular weight excluding hydrogens is 284 g/mol. The molecule has 0 unspecified atom stereocenters. The summed E-state index contributed by atoms with van der Waals surface area (Å²) in [5, 5.41) is 17.3. The third-order valence-corrected chi connectivity index (χ3v) is 5.39. The highest BCUT2D eigenvalue weighted by Crippen LogP contribution is 2.46. The van der Waals surface area contributed by atoms with Crippen LogP contribution in [-0.4, -0.2) is 10.9 Å². The maximum absolute atomic E-state index is 9.69. The first-order valence-electron chi connectivity index (χ1n) is 8.46. The number of oxime groups is 1. The maximum atomic E-state index is 9.69. The number of nitrogens with zero attached hydrogens (tertiary/aromatic N) is 1. The summed E-state index contributed by atoms with van der Waals surface area (Å²) in [6.45, 7) is 0. The van der Waals surface area contributed by atoms with Crippen LogP contribution in [0.15, 0.2) is 65.8 Å². The molecule has 1 saturated heterocycles. The van der Waals surface area contributed by atoms with Gasteiger partial charge < -0.3 is 10.5 Å². The molecule has 3 nitrogen and oxygen atoms in total. The van der Waals surface area contributed by atoms with E-state index in [1.165, 1.54) is 17.5 Å². The van der Waals surface area contributed by atoms with Gasteiger partial charge in [0.15, 0.2) is 0 Å². The Bertz CT molecular complexity index is 628. The van der Waals surface area contributed by atoms with Crippen molar-refractivity contribution in [3.63, 3.8) is 0 Å². The lowest BCUT2D eigenvalue weighted by atomic mass is 9.67. The first-order valence-corrected chi connectivity index (χ1v) is 8.46. The second-order valence-electron chi connectivity index (χ2n) is 6.61. The number of hydrogen-bond acceptors (Lipinski definition) is 3.